The first kappa shape index (κ1) is 20.1. The zero-order valence-electron chi connectivity index (χ0n) is 17.8. The quantitative estimate of drug-likeness (QED) is 0.688. The Morgan fingerprint density at radius 3 is 2.18 bits per heavy atom. The van der Waals surface area contributed by atoms with Crippen LogP contribution in [0.15, 0.2) is 0 Å². The molecule has 6 aliphatic rings. The van der Waals surface area contributed by atoms with Gasteiger partial charge in [0.2, 0.25) is 11.8 Å². The van der Waals surface area contributed by atoms with Crippen molar-refractivity contribution < 1.29 is 9.59 Å². The van der Waals surface area contributed by atoms with E-state index in [4.69, 9.17) is 0 Å². The Labute approximate surface area is 169 Å². The fraction of sp³-hybridized carbons (Fsp3) is 0.909. The second-order valence-electron chi connectivity index (χ2n) is 10.1. The van der Waals surface area contributed by atoms with Gasteiger partial charge in [-0.15, -0.1) is 0 Å². The number of carbonyl (C=O) groups is 2. The first-order valence-corrected chi connectivity index (χ1v) is 11.5. The molecule has 0 radical (unpaired) electrons. The average molecular weight is 391 g/mol. The number of hydrogen-bond donors (Lipinski definition) is 2. The molecule has 28 heavy (non-hydrogen) atoms. The van der Waals surface area contributed by atoms with E-state index in [0.717, 1.165) is 32.6 Å². The van der Waals surface area contributed by atoms with E-state index in [1.165, 1.54) is 32.4 Å². The highest BCUT2D eigenvalue weighted by atomic mass is 16.2. The van der Waals surface area contributed by atoms with Crippen LogP contribution in [-0.2, 0) is 9.59 Å². The highest BCUT2D eigenvalue weighted by Crippen LogP contribution is 2.40. The lowest BCUT2D eigenvalue weighted by atomic mass is 9.66. The SMILES string of the molecule is CC(C)C(=O)N[C@@H]1[C@@H]2C[C@H]1CN(CCC(C)C(=O)NC1CN3CCC1CC3)C2. The largest absolute Gasteiger partial charge is 0.352 e. The molecular weight excluding hydrogens is 352 g/mol. The van der Waals surface area contributed by atoms with E-state index in [1.54, 1.807) is 0 Å². The molecule has 6 heteroatoms. The van der Waals surface area contributed by atoms with Gasteiger partial charge < -0.3 is 20.4 Å². The standard InChI is InChI=1S/C22H38N4O2/c1-14(2)21(27)24-20-17-10-18(20)12-26(11-17)7-4-15(3)22(28)23-19-13-25-8-5-16(19)6-9-25/h14-20H,4-13H2,1-3H3,(H,23,28)(H,24,27)/t15?,17-,18+,19?,20-. The Morgan fingerprint density at radius 2 is 1.61 bits per heavy atom. The third-order valence-corrected chi connectivity index (χ3v) is 7.75. The van der Waals surface area contributed by atoms with Gasteiger partial charge in [-0.1, -0.05) is 20.8 Å². The van der Waals surface area contributed by atoms with Crippen LogP contribution in [0.2, 0.25) is 0 Å². The van der Waals surface area contributed by atoms with Crippen LogP contribution >= 0.6 is 0 Å². The van der Waals surface area contributed by atoms with E-state index in [0.29, 0.717) is 29.8 Å². The summed E-state index contributed by atoms with van der Waals surface area (Å²) in [6.45, 7) is 12.6. The maximum atomic E-state index is 12.7. The molecule has 5 aliphatic heterocycles. The molecule has 2 amide bonds. The smallest absolute Gasteiger partial charge is 0.223 e. The van der Waals surface area contributed by atoms with Gasteiger partial charge in [-0.3, -0.25) is 9.59 Å². The van der Waals surface area contributed by atoms with Gasteiger partial charge in [-0.05, 0) is 63.1 Å². The van der Waals surface area contributed by atoms with Crippen molar-refractivity contribution in [1.29, 1.82) is 0 Å². The minimum atomic E-state index is 0.0629. The van der Waals surface area contributed by atoms with Gasteiger partial charge in [-0.25, -0.2) is 0 Å². The number of amides is 2. The lowest BCUT2D eigenvalue weighted by Crippen LogP contribution is -2.64. The highest BCUT2D eigenvalue weighted by molar-refractivity contribution is 5.79. The first-order chi connectivity index (χ1) is 13.4. The molecule has 0 aromatic heterocycles. The molecule has 6 nitrogen and oxygen atoms in total. The molecule has 158 valence electrons. The third-order valence-electron chi connectivity index (χ3n) is 7.75. The van der Waals surface area contributed by atoms with Crippen molar-refractivity contribution in [2.45, 2.75) is 58.5 Å². The molecule has 0 aromatic rings. The minimum Gasteiger partial charge on any atom is -0.352 e. The summed E-state index contributed by atoms with van der Waals surface area (Å²) < 4.78 is 0. The number of carbonyl (C=O) groups excluding carboxylic acids is 2. The summed E-state index contributed by atoms with van der Waals surface area (Å²) in [7, 11) is 0. The number of hydrogen-bond acceptors (Lipinski definition) is 4. The van der Waals surface area contributed by atoms with Gasteiger partial charge in [0.1, 0.15) is 0 Å². The third kappa shape index (κ3) is 4.23. The van der Waals surface area contributed by atoms with E-state index < -0.39 is 0 Å². The number of fused-ring (bicyclic) bond motifs is 5. The van der Waals surface area contributed by atoms with Crippen LogP contribution < -0.4 is 10.6 Å². The van der Waals surface area contributed by atoms with Crippen LogP contribution in [0.1, 0.15) is 46.5 Å². The van der Waals surface area contributed by atoms with Crippen LogP contribution in [0.3, 0.4) is 0 Å². The van der Waals surface area contributed by atoms with Crippen molar-refractivity contribution in [2.24, 2.45) is 29.6 Å². The maximum absolute atomic E-state index is 12.7. The van der Waals surface area contributed by atoms with Crippen molar-refractivity contribution in [3.05, 3.63) is 0 Å². The summed E-state index contributed by atoms with van der Waals surface area (Å²) in [5, 5.41) is 6.59. The van der Waals surface area contributed by atoms with Crippen LogP contribution in [0.25, 0.3) is 0 Å². The zero-order chi connectivity index (χ0) is 19.8. The van der Waals surface area contributed by atoms with Gasteiger partial charge >= 0.3 is 0 Å². The van der Waals surface area contributed by atoms with Gasteiger partial charge in [0, 0.05) is 43.6 Å². The summed E-state index contributed by atoms with van der Waals surface area (Å²) in [4.78, 5) is 29.7. The van der Waals surface area contributed by atoms with E-state index in [-0.39, 0.29) is 23.7 Å². The molecular formula is C22H38N4O2. The van der Waals surface area contributed by atoms with Gasteiger partial charge in [-0.2, -0.15) is 0 Å². The summed E-state index contributed by atoms with van der Waals surface area (Å²) in [5.74, 6) is 2.44. The van der Waals surface area contributed by atoms with Crippen LogP contribution in [0.4, 0.5) is 0 Å². The molecule has 5 heterocycles. The van der Waals surface area contributed by atoms with Crippen molar-refractivity contribution in [3.63, 3.8) is 0 Å². The number of piperidine rings is 5. The molecule has 2 unspecified atom stereocenters. The Bertz CT molecular complexity index is 575. The fourth-order valence-corrected chi connectivity index (χ4v) is 5.70. The van der Waals surface area contributed by atoms with E-state index >= 15 is 0 Å². The summed E-state index contributed by atoms with van der Waals surface area (Å²) in [5.41, 5.74) is 0. The molecule has 4 bridgehead atoms. The molecule has 6 rings (SSSR count). The summed E-state index contributed by atoms with van der Waals surface area (Å²) >= 11 is 0. The highest BCUT2D eigenvalue weighted by Gasteiger charge is 2.47. The molecule has 0 aromatic carbocycles. The van der Waals surface area contributed by atoms with Crippen molar-refractivity contribution in [1.82, 2.24) is 20.4 Å². The minimum absolute atomic E-state index is 0.0629. The molecule has 6 fully saturated rings. The van der Waals surface area contributed by atoms with Gasteiger partial charge in [0.05, 0.1) is 0 Å². The fourth-order valence-electron chi connectivity index (χ4n) is 5.70. The van der Waals surface area contributed by atoms with Gasteiger partial charge in [0.25, 0.3) is 0 Å². The summed E-state index contributed by atoms with van der Waals surface area (Å²) in [6, 6.07) is 0.744. The predicted octanol–water partition coefficient (Wildman–Crippen LogP) is 1.32. The lowest BCUT2D eigenvalue weighted by Gasteiger charge is -2.54. The second kappa shape index (κ2) is 8.31. The molecule has 5 atom stereocenters. The molecule has 5 saturated heterocycles. The Balaban J connectivity index is 1.17. The van der Waals surface area contributed by atoms with E-state index in [9.17, 15) is 9.59 Å². The lowest BCUT2D eigenvalue weighted by molar-refractivity contribution is -0.130. The predicted molar refractivity (Wildman–Crippen MR) is 110 cm³/mol. The zero-order valence-corrected chi connectivity index (χ0v) is 17.8. The van der Waals surface area contributed by atoms with E-state index in [1.807, 2.05) is 13.8 Å². The molecule has 1 aliphatic carbocycles. The molecule has 2 N–H and O–H groups in total. The molecule has 1 saturated carbocycles. The number of rotatable bonds is 7. The van der Waals surface area contributed by atoms with Gasteiger partial charge in [0.15, 0.2) is 0 Å². The summed E-state index contributed by atoms with van der Waals surface area (Å²) in [6.07, 6.45) is 4.65. The first-order valence-electron chi connectivity index (χ1n) is 11.5. The van der Waals surface area contributed by atoms with Crippen molar-refractivity contribution in [2.75, 3.05) is 39.3 Å². The second-order valence-corrected chi connectivity index (χ2v) is 10.1. The Kier molecular flexibility index (Phi) is 5.98. The molecule has 0 spiro atoms. The van der Waals surface area contributed by atoms with Crippen LogP contribution in [0.5, 0.6) is 0 Å². The van der Waals surface area contributed by atoms with Crippen molar-refractivity contribution >= 4 is 11.8 Å². The van der Waals surface area contributed by atoms with Crippen molar-refractivity contribution in [3.8, 4) is 0 Å². The Morgan fingerprint density at radius 1 is 0.929 bits per heavy atom. The van der Waals surface area contributed by atoms with Crippen LogP contribution in [-0.4, -0.2) is 73.0 Å². The average Bonchev–Trinajstić information content (AvgIpc) is 2.70. The topological polar surface area (TPSA) is 64.7 Å². The maximum Gasteiger partial charge on any atom is 0.223 e. The van der Waals surface area contributed by atoms with Crippen LogP contribution in [0, 0.1) is 29.6 Å². The van der Waals surface area contributed by atoms with E-state index in [2.05, 4.69) is 27.4 Å². The Hall–Kier alpha value is -1.14. The normalized spacial score (nSPS) is 38.0. The monoisotopic (exact) mass is 390 g/mol. The number of nitrogens with one attached hydrogen (secondary N) is 2. The number of nitrogens with zero attached hydrogens (tertiary/aromatic N) is 2.